The lowest BCUT2D eigenvalue weighted by molar-refractivity contribution is 0.100. The molecule has 2 aromatic carbocycles. The maximum Gasteiger partial charge on any atom is 0.248 e. The first-order valence-corrected chi connectivity index (χ1v) is 5.72. The Hall–Kier alpha value is -1.68. The number of carbonyl (C=O) groups is 1. The Morgan fingerprint density at radius 1 is 1.12 bits per heavy atom. The highest BCUT2D eigenvalue weighted by molar-refractivity contribution is 9.10. The summed E-state index contributed by atoms with van der Waals surface area (Å²) in [6.07, 6.45) is 0. The summed E-state index contributed by atoms with van der Waals surface area (Å²) in [6.45, 7) is 0. The molecule has 0 aromatic heterocycles. The van der Waals surface area contributed by atoms with E-state index in [9.17, 15) is 9.18 Å². The maximum atomic E-state index is 13.1. The SMILES string of the molecule is NC(=O)c1cc(Br)cc(-c2cccc(F)c2)c1. The third-order valence-electron chi connectivity index (χ3n) is 2.34. The zero-order valence-corrected chi connectivity index (χ0v) is 10.4. The van der Waals surface area contributed by atoms with Gasteiger partial charge in [-0.25, -0.2) is 4.39 Å². The topological polar surface area (TPSA) is 43.1 Å². The van der Waals surface area contributed by atoms with E-state index in [1.807, 2.05) is 0 Å². The van der Waals surface area contributed by atoms with Gasteiger partial charge in [0.15, 0.2) is 0 Å². The third kappa shape index (κ3) is 2.71. The molecule has 0 spiro atoms. The van der Waals surface area contributed by atoms with Crippen LogP contribution in [0.15, 0.2) is 46.9 Å². The van der Waals surface area contributed by atoms with Crippen molar-refractivity contribution in [3.8, 4) is 11.1 Å². The van der Waals surface area contributed by atoms with Crippen LogP contribution in [-0.4, -0.2) is 5.91 Å². The van der Waals surface area contributed by atoms with Gasteiger partial charge in [0.1, 0.15) is 5.82 Å². The molecule has 86 valence electrons. The van der Waals surface area contributed by atoms with Gasteiger partial charge < -0.3 is 5.73 Å². The number of amides is 1. The third-order valence-corrected chi connectivity index (χ3v) is 2.80. The van der Waals surface area contributed by atoms with E-state index in [2.05, 4.69) is 15.9 Å². The molecule has 2 aromatic rings. The van der Waals surface area contributed by atoms with Crippen LogP contribution in [0.1, 0.15) is 10.4 Å². The predicted molar refractivity (Wildman–Crippen MR) is 68.1 cm³/mol. The normalized spacial score (nSPS) is 10.2. The predicted octanol–water partition coefficient (Wildman–Crippen LogP) is 3.35. The first kappa shape index (κ1) is 11.8. The lowest BCUT2D eigenvalue weighted by Crippen LogP contribution is -2.10. The Kier molecular flexibility index (Phi) is 3.24. The molecule has 0 aliphatic carbocycles. The number of hydrogen-bond donors (Lipinski definition) is 1. The van der Waals surface area contributed by atoms with Crippen LogP contribution >= 0.6 is 15.9 Å². The smallest absolute Gasteiger partial charge is 0.248 e. The largest absolute Gasteiger partial charge is 0.366 e. The molecule has 17 heavy (non-hydrogen) atoms. The van der Waals surface area contributed by atoms with Gasteiger partial charge in [0.2, 0.25) is 5.91 Å². The fourth-order valence-corrected chi connectivity index (χ4v) is 2.06. The molecule has 2 N–H and O–H groups in total. The van der Waals surface area contributed by atoms with Crippen LogP contribution in [0.25, 0.3) is 11.1 Å². The Morgan fingerprint density at radius 3 is 2.53 bits per heavy atom. The second kappa shape index (κ2) is 4.67. The second-order valence-electron chi connectivity index (χ2n) is 3.60. The van der Waals surface area contributed by atoms with Crippen LogP contribution in [0.3, 0.4) is 0 Å². The number of rotatable bonds is 2. The number of benzene rings is 2. The van der Waals surface area contributed by atoms with Crippen molar-refractivity contribution in [3.05, 3.63) is 58.3 Å². The van der Waals surface area contributed by atoms with E-state index in [1.54, 1.807) is 30.3 Å². The molecule has 0 heterocycles. The van der Waals surface area contributed by atoms with Crippen molar-refractivity contribution < 1.29 is 9.18 Å². The van der Waals surface area contributed by atoms with Gasteiger partial charge in [0.05, 0.1) is 0 Å². The van der Waals surface area contributed by atoms with Crippen molar-refractivity contribution in [2.75, 3.05) is 0 Å². The number of hydrogen-bond acceptors (Lipinski definition) is 1. The highest BCUT2D eigenvalue weighted by Crippen LogP contribution is 2.25. The van der Waals surface area contributed by atoms with Crippen molar-refractivity contribution in [1.82, 2.24) is 0 Å². The van der Waals surface area contributed by atoms with E-state index in [0.29, 0.717) is 11.1 Å². The van der Waals surface area contributed by atoms with Gasteiger partial charge in [-0.1, -0.05) is 28.1 Å². The summed E-state index contributed by atoms with van der Waals surface area (Å²) >= 11 is 3.30. The number of primary amides is 1. The molecule has 0 unspecified atom stereocenters. The quantitative estimate of drug-likeness (QED) is 0.906. The molecule has 0 atom stereocenters. The summed E-state index contributed by atoms with van der Waals surface area (Å²) in [5.74, 6) is -0.827. The lowest BCUT2D eigenvalue weighted by Gasteiger charge is -2.05. The summed E-state index contributed by atoms with van der Waals surface area (Å²) in [4.78, 5) is 11.1. The van der Waals surface area contributed by atoms with Gasteiger partial charge in [-0.2, -0.15) is 0 Å². The van der Waals surface area contributed by atoms with Crippen LogP contribution in [0.4, 0.5) is 4.39 Å². The van der Waals surface area contributed by atoms with Gasteiger partial charge in [-0.3, -0.25) is 4.79 Å². The van der Waals surface area contributed by atoms with E-state index < -0.39 is 5.91 Å². The molecule has 0 bridgehead atoms. The van der Waals surface area contributed by atoms with Crippen LogP contribution in [0.5, 0.6) is 0 Å². The van der Waals surface area contributed by atoms with Gasteiger partial charge in [0, 0.05) is 10.0 Å². The van der Waals surface area contributed by atoms with Crippen LogP contribution < -0.4 is 5.73 Å². The molecule has 0 aliphatic rings. The maximum absolute atomic E-state index is 13.1. The molecule has 0 radical (unpaired) electrons. The highest BCUT2D eigenvalue weighted by Gasteiger charge is 2.06. The zero-order valence-electron chi connectivity index (χ0n) is 8.78. The zero-order chi connectivity index (χ0) is 12.4. The summed E-state index contributed by atoms with van der Waals surface area (Å²) < 4.78 is 13.8. The summed E-state index contributed by atoms with van der Waals surface area (Å²) in [5, 5.41) is 0. The molecule has 0 saturated carbocycles. The van der Waals surface area contributed by atoms with Crippen LogP contribution in [0.2, 0.25) is 0 Å². The average Bonchev–Trinajstić information content (AvgIpc) is 2.28. The Balaban J connectivity index is 2.56. The fraction of sp³-hybridized carbons (Fsp3) is 0. The van der Waals surface area contributed by atoms with E-state index >= 15 is 0 Å². The fourth-order valence-electron chi connectivity index (χ4n) is 1.57. The van der Waals surface area contributed by atoms with Gasteiger partial charge in [-0.05, 0) is 41.5 Å². The average molecular weight is 294 g/mol. The molecular formula is C13H9BrFNO. The van der Waals surface area contributed by atoms with Crippen LogP contribution in [0, 0.1) is 5.82 Å². The first-order chi connectivity index (χ1) is 8.06. The summed E-state index contributed by atoms with van der Waals surface area (Å²) in [5.41, 5.74) is 7.06. The summed E-state index contributed by atoms with van der Waals surface area (Å²) in [6, 6.07) is 11.3. The lowest BCUT2D eigenvalue weighted by atomic mass is 10.0. The molecule has 1 amide bonds. The molecule has 2 rings (SSSR count). The van der Waals surface area contributed by atoms with Crippen LogP contribution in [-0.2, 0) is 0 Å². The second-order valence-corrected chi connectivity index (χ2v) is 4.52. The Morgan fingerprint density at radius 2 is 1.88 bits per heavy atom. The molecule has 0 fully saturated rings. The minimum atomic E-state index is -0.510. The Bertz CT molecular complexity index is 583. The van der Waals surface area contributed by atoms with Gasteiger partial charge in [-0.15, -0.1) is 0 Å². The van der Waals surface area contributed by atoms with E-state index in [1.165, 1.54) is 12.1 Å². The number of halogens is 2. The molecular weight excluding hydrogens is 285 g/mol. The van der Waals surface area contributed by atoms with Gasteiger partial charge in [0.25, 0.3) is 0 Å². The monoisotopic (exact) mass is 293 g/mol. The van der Waals surface area contributed by atoms with E-state index in [0.717, 1.165) is 10.0 Å². The number of nitrogens with two attached hydrogens (primary N) is 1. The minimum absolute atomic E-state index is 0.317. The standard InChI is InChI=1S/C13H9BrFNO/c14-11-5-9(4-10(6-11)13(16)17)8-2-1-3-12(15)7-8/h1-7H,(H2,16,17). The van der Waals surface area contributed by atoms with Crippen molar-refractivity contribution in [2.24, 2.45) is 5.73 Å². The minimum Gasteiger partial charge on any atom is -0.366 e. The van der Waals surface area contributed by atoms with E-state index in [4.69, 9.17) is 5.73 Å². The summed E-state index contributed by atoms with van der Waals surface area (Å²) in [7, 11) is 0. The van der Waals surface area contributed by atoms with E-state index in [-0.39, 0.29) is 5.82 Å². The molecule has 0 aliphatic heterocycles. The molecule has 2 nitrogen and oxygen atoms in total. The van der Waals surface area contributed by atoms with Crippen molar-refractivity contribution in [3.63, 3.8) is 0 Å². The van der Waals surface area contributed by atoms with Crippen molar-refractivity contribution >= 4 is 21.8 Å². The molecule has 4 heteroatoms. The van der Waals surface area contributed by atoms with Gasteiger partial charge >= 0.3 is 0 Å². The number of carbonyl (C=O) groups excluding carboxylic acids is 1. The Labute approximate surface area is 106 Å². The first-order valence-electron chi connectivity index (χ1n) is 4.92. The van der Waals surface area contributed by atoms with Crippen molar-refractivity contribution in [1.29, 1.82) is 0 Å². The molecule has 0 saturated heterocycles. The highest BCUT2D eigenvalue weighted by atomic mass is 79.9. The van der Waals surface area contributed by atoms with Crippen molar-refractivity contribution in [2.45, 2.75) is 0 Å².